The smallest absolute Gasteiger partial charge is 0.155 e. The Kier molecular flexibility index (Phi) is 5.29. The minimum absolute atomic E-state index is 0.0831. The SMILES string of the molecule is CC(C)C[C@@H](NCc1cnn(C)c1)C(=O)C(C)(C)C. The van der Waals surface area contributed by atoms with Crippen LogP contribution >= 0.6 is 0 Å². The van der Waals surface area contributed by atoms with Crippen LogP contribution in [-0.4, -0.2) is 21.6 Å². The van der Waals surface area contributed by atoms with E-state index >= 15 is 0 Å². The zero-order valence-electron chi connectivity index (χ0n) is 13.0. The van der Waals surface area contributed by atoms with Crippen LogP contribution in [0, 0.1) is 11.3 Å². The molecule has 0 aromatic carbocycles. The molecule has 0 spiro atoms. The summed E-state index contributed by atoms with van der Waals surface area (Å²) in [7, 11) is 1.90. The number of carbonyl (C=O) groups is 1. The molecule has 0 radical (unpaired) electrons. The molecule has 1 N–H and O–H groups in total. The van der Waals surface area contributed by atoms with Crippen LogP contribution in [0.1, 0.15) is 46.6 Å². The van der Waals surface area contributed by atoms with Crippen molar-refractivity contribution < 1.29 is 4.79 Å². The molecule has 1 atom stereocenters. The van der Waals surface area contributed by atoms with E-state index in [4.69, 9.17) is 0 Å². The van der Waals surface area contributed by atoms with Gasteiger partial charge in [-0.3, -0.25) is 9.48 Å². The molecule has 108 valence electrons. The second-order valence-electron chi connectivity index (χ2n) is 6.70. The third-order valence-electron chi connectivity index (χ3n) is 3.07. The number of hydrogen-bond acceptors (Lipinski definition) is 3. The molecule has 4 nitrogen and oxygen atoms in total. The Bertz CT molecular complexity index is 415. The van der Waals surface area contributed by atoms with Gasteiger partial charge in [0.2, 0.25) is 0 Å². The van der Waals surface area contributed by atoms with Crippen LogP contribution < -0.4 is 5.32 Å². The maximum atomic E-state index is 12.4. The van der Waals surface area contributed by atoms with Crippen LogP contribution in [0.25, 0.3) is 0 Å². The summed E-state index contributed by atoms with van der Waals surface area (Å²) >= 11 is 0. The average molecular weight is 265 g/mol. The minimum atomic E-state index is -0.304. The second-order valence-corrected chi connectivity index (χ2v) is 6.70. The molecule has 0 aliphatic heterocycles. The van der Waals surface area contributed by atoms with Gasteiger partial charge >= 0.3 is 0 Å². The lowest BCUT2D eigenvalue weighted by Crippen LogP contribution is -2.43. The van der Waals surface area contributed by atoms with Crippen molar-refractivity contribution in [3.8, 4) is 0 Å². The van der Waals surface area contributed by atoms with E-state index in [2.05, 4.69) is 24.3 Å². The van der Waals surface area contributed by atoms with Gasteiger partial charge in [-0.05, 0) is 12.3 Å². The van der Waals surface area contributed by atoms with Crippen molar-refractivity contribution in [3.63, 3.8) is 0 Å². The summed E-state index contributed by atoms with van der Waals surface area (Å²) in [4.78, 5) is 12.4. The maximum Gasteiger partial charge on any atom is 0.155 e. The minimum Gasteiger partial charge on any atom is -0.303 e. The normalized spacial score (nSPS) is 13.8. The fourth-order valence-corrected chi connectivity index (χ4v) is 2.08. The molecule has 1 aromatic rings. The van der Waals surface area contributed by atoms with Gasteiger partial charge in [-0.25, -0.2) is 0 Å². The van der Waals surface area contributed by atoms with E-state index in [1.165, 1.54) is 0 Å². The first-order valence-electron chi connectivity index (χ1n) is 6.95. The predicted octanol–water partition coefficient (Wildman–Crippen LogP) is 2.54. The predicted molar refractivity (Wildman–Crippen MR) is 77.8 cm³/mol. The highest BCUT2D eigenvalue weighted by atomic mass is 16.1. The largest absolute Gasteiger partial charge is 0.303 e. The van der Waals surface area contributed by atoms with Gasteiger partial charge in [-0.2, -0.15) is 5.10 Å². The number of Topliss-reactive ketones (excluding diaryl/α,β-unsaturated/α-hetero) is 1. The van der Waals surface area contributed by atoms with Crippen LogP contribution in [0.5, 0.6) is 0 Å². The van der Waals surface area contributed by atoms with Crippen molar-refractivity contribution in [2.75, 3.05) is 0 Å². The Morgan fingerprint density at radius 3 is 2.47 bits per heavy atom. The molecule has 0 unspecified atom stereocenters. The van der Waals surface area contributed by atoms with E-state index in [0.29, 0.717) is 12.5 Å². The molecule has 0 aliphatic rings. The number of rotatable bonds is 6. The van der Waals surface area contributed by atoms with Crippen LogP contribution in [0.4, 0.5) is 0 Å². The molecule has 19 heavy (non-hydrogen) atoms. The van der Waals surface area contributed by atoms with E-state index in [1.54, 1.807) is 4.68 Å². The number of carbonyl (C=O) groups excluding carboxylic acids is 1. The molecule has 0 bridgehead atoms. The van der Waals surface area contributed by atoms with Gasteiger partial charge in [0.15, 0.2) is 5.78 Å². The molecule has 1 aromatic heterocycles. The summed E-state index contributed by atoms with van der Waals surface area (Å²) < 4.78 is 1.78. The first-order chi connectivity index (χ1) is 8.70. The van der Waals surface area contributed by atoms with Crippen molar-refractivity contribution in [1.29, 1.82) is 0 Å². The van der Waals surface area contributed by atoms with Gasteiger partial charge in [-0.15, -0.1) is 0 Å². The van der Waals surface area contributed by atoms with E-state index < -0.39 is 0 Å². The van der Waals surface area contributed by atoms with Gasteiger partial charge in [0.25, 0.3) is 0 Å². The molecule has 0 amide bonds. The van der Waals surface area contributed by atoms with Crippen molar-refractivity contribution in [3.05, 3.63) is 18.0 Å². The molecule has 1 rings (SSSR count). The molecule has 0 fully saturated rings. The fourth-order valence-electron chi connectivity index (χ4n) is 2.08. The highest BCUT2D eigenvalue weighted by Crippen LogP contribution is 2.20. The van der Waals surface area contributed by atoms with Gasteiger partial charge in [0.1, 0.15) is 0 Å². The van der Waals surface area contributed by atoms with Gasteiger partial charge in [-0.1, -0.05) is 34.6 Å². The first kappa shape index (κ1) is 15.9. The molecule has 0 saturated carbocycles. The molecular weight excluding hydrogens is 238 g/mol. The summed E-state index contributed by atoms with van der Waals surface area (Å²) in [5.41, 5.74) is 0.805. The Balaban J connectivity index is 2.67. The third-order valence-corrected chi connectivity index (χ3v) is 3.07. The molecule has 0 aliphatic carbocycles. The topological polar surface area (TPSA) is 46.9 Å². The standard InChI is InChI=1S/C15H27N3O/c1-11(2)7-13(14(19)15(3,4)5)16-8-12-9-17-18(6)10-12/h9-11,13,16H,7-8H2,1-6H3/t13-/m1/s1. The summed E-state index contributed by atoms with van der Waals surface area (Å²) in [6, 6.07) is -0.0831. The van der Waals surface area contributed by atoms with Crippen molar-refractivity contribution in [2.45, 2.75) is 53.6 Å². The average Bonchev–Trinajstić information content (AvgIpc) is 2.67. The highest BCUT2D eigenvalue weighted by Gasteiger charge is 2.29. The van der Waals surface area contributed by atoms with Crippen molar-refractivity contribution in [2.24, 2.45) is 18.4 Å². The second kappa shape index (κ2) is 6.33. The quantitative estimate of drug-likeness (QED) is 0.860. The van der Waals surface area contributed by atoms with E-state index in [0.717, 1.165) is 12.0 Å². The Hall–Kier alpha value is -1.16. The van der Waals surface area contributed by atoms with Gasteiger partial charge in [0, 0.05) is 30.8 Å². The summed E-state index contributed by atoms with van der Waals surface area (Å²) in [6.07, 6.45) is 4.68. The lowest BCUT2D eigenvalue weighted by molar-refractivity contribution is -0.128. The summed E-state index contributed by atoms with van der Waals surface area (Å²) in [5.74, 6) is 0.780. The Labute approximate surface area is 116 Å². The highest BCUT2D eigenvalue weighted by molar-refractivity contribution is 5.88. The number of hydrogen-bond donors (Lipinski definition) is 1. The number of aryl methyl sites for hydroxylation is 1. The van der Waals surface area contributed by atoms with Crippen LogP contribution in [0.3, 0.4) is 0 Å². The zero-order valence-corrected chi connectivity index (χ0v) is 13.0. The number of ketones is 1. The molecule has 4 heteroatoms. The van der Waals surface area contributed by atoms with Crippen LogP contribution in [-0.2, 0) is 18.4 Å². The van der Waals surface area contributed by atoms with E-state index in [-0.39, 0.29) is 17.2 Å². The van der Waals surface area contributed by atoms with Gasteiger partial charge in [0.05, 0.1) is 12.2 Å². The third kappa shape index (κ3) is 5.15. The van der Waals surface area contributed by atoms with Crippen LogP contribution in [0.2, 0.25) is 0 Å². The first-order valence-corrected chi connectivity index (χ1v) is 6.95. The Morgan fingerprint density at radius 2 is 2.05 bits per heavy atom. The number of aromatic nitrogens is 2. The summed E-state index contributed by atoms with van der Waals surface area (Å²) in [6.45, 7) is 10.9. The monoisotopic (exact) mass is 265 g/mol. The summed E-state index contributed by atoms with van der Waals surface area (Å²) in [5, 5.41) is 7.52. The van der Waals surface area contributed by atoms with Crippen molar-refractivity contribution in [1.82, 2.24) is 15.1 Å². The molecule has 0 saturated heterocycles. The molecular formula is C15H27N3O. The fraction of sp³-hybridized carbons (Fsp3) is 0.733. The number of nitrogens with one attached hydrogen (secondary N) is 1. The lowest BCUT2D eigenvalue weighted by Gasteiger charge is -2.26. The lowest BCUT2D eigenvalue weighted by atomic mass is 9.83. The number of nitrogens with zero attached hydrogens (tertiary/aromatic N) is 2. The maximum absolute atomic E-state index is 12.4. The van der Waals surface area contributed by atoms with E-state index in [9.17, 15) is 4.79 Å². The van der Waals surface area contributed by atoms with E-state index in [1.807, 2.05) is 40.2 Å². The molecule has 1 heterocycles. The Morgan fingerprint density at radius 1 is 1.42 bits per heavy atom. The van der Waals surface area contributed by atoms with Gasteiger partial charge < -0.3 is 5.32 Å². The van der Waals surface area contributed by atoms with Crippen LogP contribution in [0.15, 0.2) is 12.4 Å². The zero-order chi connectivity index (χ0) is 14.6. The van der Waals surface area contributed by atoms with Crippen molar-refractivity contribution >= 4 is 5.78 Å².